The molecule has 8 unspecified atom stereocenters. The molecule has 0 N–H and O–H groups in total. The maximum Gasteiger partial charge on any atom is 0.312 e. The molecule has 0 radical (unpaired) electrons. The summed E-state index contributed by atoms with van der Waals surface area (Å²) in [6.45, 7) is 13.1. The van der Waals surface area contributed by atoms with Gasteiger partial charge in [-0.05, 0) is 118 Å². The van der Waals surface area contributed by atoms with Gasteiger partial charge in [0.15, 0.2) is 0 Å². The Hall–Kier alpha value is -0.690. The number of fused-ring (bicyclic) bond motifs is 4. The van der Waals surface area contributed by atoms with Gasteiger partial charge >= 0.3 is 5.97 Å². The molecule has 42 heavy (non-hydrogen) atoms. The van der Waals surface area contributed by atoms with Gasteiger partial charge in [-0.1, -0.05) is 33.6 Å². The normalized spacial score (nSPS) is 48.5. The molecule has 0 aromatic carbocycles. The summed E-state index contributed by atoms with van der Waals surface area (Å²) in [4.78, 5) is 13.4. The highest BCUT2D eigenvalue weighted by Crippen LogP contribution is 2.63. The van der Waals surface area contributed by atoms with E-state index in [2.05, 4.69) is 20.8 Å². The molecule has 8 aliphatic rings. The van der Waals surface area contributed by atoms with Crippen molar-refractivity contribution in [1.29, 1.82) is 0 Å². The van der Waals surface area contributed by atoms with Gasteiger partial charge in [-0.15, -0.1) is 0 Å². The summed E-state index contributed by atoms with van der Waals surface area (Å²) in [5.41, 5.74) is -1.18. The number of carbonyl (C=O) groups excluding carboxylic acids is 1. The zero-order valence-corrected chi connectivity index (χ0v) is 27.3. The molecule has 0 aromatic heterocycles. The first-order chi connectivity index (χ1) is 19.9. The van der Waals surface area contributed by atoms with Crippen molar-refractivity contribution in [3.8, 4) is 0 Å². The van der Waals surface area contributed by atoms with Crippen molar-refractivity contribution in [3.63, 3.8) is 0 Å². The smallest absolute Gasteiger partial charge is 0.312 e. The van der Waals surface area contributed by atoms with Crippen molar-refractivity contribution in [2.75, 3.05) is 26.8 Å². The Morgan fingerprint density at radius 2 is 1.17 bits per heavy atom. The van der Waals surface area contributed by atoms with Crippen LogP contribution in [0.15, 0.2) is 0 Å². The van der Waals surface area contributed by atoms with Gasteiger partial charge in [0.2, 0.25) is 0 Å². The fourth-order valence-electron chi connectivity index (χ4n) is 11.8. The molecule has 0 saturated heterocycles. The third-order valence-electron chi connectivity index (χ3n) is 14.0. The molecule has 0 amide bonds. The molecule has 8 bridgehead atoms. The van der Waals surface area contributed by atoms with Gasteiger partial charge in [-0.2, -0.15) is 0 Å². The van der Waals surface area contributed by atoms with Crippen LogP contribution in [-0.2, 0) is 28.5 Å². The third kappa shape index (κ3) is 5.30. The summed E-state index contributed by atoms with van der Waals surface area (Å²) >= 11 is 0. The molecule has 0 heterocycles. The van der Waals surface area contributed by atoms with Crippen LogP contribution in [0.3, 0.4) is 0 Å². The van der Waals surface area contributed by atoms with E-state index in [0.717, 1.165) is 81.8 Å². The minimum absolute atomic E-state index is 0.0850. The molecule has 8 fully saturated rings. The van der Waals surface area contributed by atoms with Crippen molar-refractivity contribution < 1.29 is 28.5 Å². The summed E-state index contributed by atoms with van der Waals surface area (Å²) in [6, 6.07) is 0. The highest BCUT2D eigenvalue weighted by atomic mass is 16.7. The van der Waals surface area contributed by atoms with E-state index >= 15 is 0 Å². The van der Waals surface area contributed by atoms with Crippen molar-refractivity contribution in [3.05, 3.63) is 0 Å². The van der Waals surface area contributed by atoms with E-state index in [9.17, 15) is 4.79 Å². The third-order valence-corrected chi connectivity index (χ3v) is 14.0. The van der Waals surface area contributed by atoms with E-state index in [-0.39, 0.29) is 17.2 Å². The zero-order chi connectivity index (χ0) is 29.4. The van der Waals surface area contributed by atoms with Crippen molar-refractivity contribution >= 4 is 5.97 Å². The second kappa shape index (κ2) is 10.4. The minimum atomic E-state index is -0.532. The summed E-state index contributed by atoms with van der Waals surface area (Å²) in [5, 5.41) is 0. The molecule has 6 nitrogen and oxygen atoms in total. The van der Waals surface area contributed by atoms with Gasteiger partial charge in [0.25, 0.3) is 0 Å². The van der Waals surface area contributed by atoms with Crippen LogP contribution in [0.25, 0.3) is 0 Å². The molecule has 238 valence electrons. The zero-order valence-electron chi connectivity index (χ0n) is 27.3. The van der Waals surface area contributed by atoms with E-state index < -0.39 is 11.0 Å². The van der Waals surface area contributed by atoms with Crippen molar-refractivity contribution in [2.24, 2.45) is 45.8 Å². The number of esters is 1. The molecule has 8 atom stereocenters. The average Bonchev–Trinajstić information content (AvgIpc) is 3.70. The van der Waals surface area contributed by atoms with Gasteiger partial charge in [-0.3, -0.25) is 4.79 Å². The van der Waals surface area contributed by atoms with Crippen LogP contribution in [0, 0.1) is 45.8 Å². The van der Waals surface area contributed by atoms with Gasteiger partial charge in [0.1, 0.15) is 19.2 Å². The van der Waals surface area contributed by atoms with Crippen LogP contribution in [0.4, 0.5) is 0 Å². The first-order valence-electron chi connectivity index (χ1n) is 17.5. The number of rotatable bonds is 13. The topological polar surface area (TPSA) is 63.2 Å². The Bertz CT molecular complexity index is 982. The lowest BCUT2D eigenvalue weighted by atomic mass is 9.50. The SMILES string of the molecule is CCC(C)(C)C(=O)OC12CC3CC(OCOCC4(C)CC5CCC4C5)(CC(OCOCC4(C)CC5CCC4C5)(C3)C1)C2. The monoisotopic (exact) mass is 586 g/mol. The lowest BCUT2D eigenvalue weighted by Crippen LogP contribution is -2.68. The number of ether oxygens (including phenoxy) is 5. The van der Waals surface area contributed by atoms with Crippen LogP contribution in [0.1, 0.15) is 131 Å². The van der Waals surface area contributed by atoms with Gasteiger partial charge < -0.3 is 23.7 Å². The van der Waals surface area contributed by atoms with Crippen LogP contribution in [0.5, 0.6) is 0 Å². The lowest BCUT2D eigenvalue weighted by molar-refractivity contribution is -0.312. The highest BCUT2D eigenvalue weighted by Gasteiger charge is 2.67. The highest BCUT2D eigenvalue weighted by molar-refractivity contribution is 5.76. The Morgan fingerprint density at radius 1 is 0.690 bits per heavy atom. The van der Waals surface area contributed by atoms with E-state index in [1.807, 2.05) is 13.8 Å². The van der Waals surface area contributed by atoms with Crippen LogP contribution >= 0.6 is 0 Å². The lowest BCUT2D eigenvalue weighted by Gasteiger charge is -2.64. The summed E-state index contributed by atoms with van der Waals surface area (Å²) < 4.78 is 32.7. The number of hydrogen-bond donors (Lipinski definition) is 0. The predicted octanol–water partition coefficient (Wildman–Crippen LogP) is 7.81. The molecular weight excluding hydrogens is 528 g/mol. The van der Waals surface area contributed by atoms with E-state index in [1.165, 1.54) is 51.4 Å². The largest absolute Gasteiger partial charge is 0.458 e. The summed E-state index contributed by atoms with van der Waals surface area (Å²) in [7, 11) is 0. The fraction of sp³-hybridized carbons (Fsp3) is 0.972. The minimum Gasteiger partial charge on any atom is -0.458 e. The Morgan fingerprint density at radius 3 is 1.60 bits per heavy atom. The molecule has 6 heteroatoms. The summed E-state index contributed by atoms with van der Waals surface area (Å²) in [6.07, 6.45) is 16.9. The molecule has 8 aliphatic carbocycles. The van der Waals surface area contributed by atoms with Gasteiger partial charge in [0, 0.05) is 19.3 Å². The van der Waals surface area contributed by atoms with Crippen LogP contribution in [0.2, 0.25) is 0 Å². The van der Waals surface area contributed by atoms with Crippen LogP contribution in [-0.4, -0.2) is 49.6 Å². The quantitative estimate of drug-likeness (QED) is 0.125. The molecule has 8 rings (SSSR count). The molecule has 8 saturated carbocycles. The fourth-order valence-corrected chi connectivity index (χ4v) is 11.8. The van der Waals surface area contributed by atoms with E-state index in [1.54, 1.807) is 0 Å². The van der Waals surface area contributed by atoms with Gasteiger partial charge in [0.05, 0.1) is 29.8 Å². The van der Waals surface area contributed by atoms with E-state index in [4.69, 9.17) is 23.7 Å². The average molecular weight is 587 g/mol. The maximum absolute atomic E-state index is 13.4. The first-order valence-corrected chi connectivity index (χ1v) is 17.5. The van der Waals surface area contributed by atoms with Crippen molar-refractivity contribution in [2.45, 2.75) is 148 Å². The Balaban J connectivity index is 1.02. The second-order valence-corrected chi connectivity index (χ2v) is 17.9. The van der Waals surface area contributed by atoms with Crippen molar-refractivity contribution in [1.82, 2.24) is 0 Å². The number of hydrogen-bond acceptors (Lipinski definition) is 6. The Labute approximate surface area is 254 Å². The Kier molecular flexibility index (Phi) is 7.44. The molecule has 0 aromatic rings. The molecule has 0 aliphatic heterocycles. The predicted molar refractivity (Wildman–Crippen MR) is 160 cm³/mol. The first kappa shape index (κ1) is 30.0. The number of carbonyl (C=O) groups is 1. The standard InChI is InChI=1S/C36H58O6/c1-6-31(2,3)30(37)42-36-17-27-15-34(19-36,40-23-38-21-32(4)13-25-7-9-28(32)11-25)18-35(16-27,20-36)41-24-39-22-33(5)14-26-8-10-29(33)12-26/h25-29H,6-24H2,1-5H3. The maximum atomic E-state index is 13.4. The van der Waals surface area contributed by atoms with Crippen LogP contribution < -0.4 is 0 Å². The second-order valence-electron chi connectivity index (χ2n) is 17.9. The molecular formula is C36H58O6. The van der Waals surface area contributed by atoms with E-state index in [0.29, 0.717) is 30.3 Å². The summed E-state index contributed by atoms with van der Waals surface area (Å²) in [5.74, 6) is 3.76. The van der Waals surface area contributed by atoms with Gasteiger partial charge in [-0.25, -0.2) is 0 Å². The molecule has 0 spiro atoms.